The van der Waals surface area contributed by atoms with Crippen LogP contribution in [0.3, 0.4) is 0 Å². The fraction of sp³-hybridized carbons (Fsp3) is 0.133. The number of carbonyl (C=O) groups excluding carboxylic acids is 1. The molecule has 5 aromatic carbocycles. The van der Waals surface area contributed by atoms with E-state index in [2.05, 4.69) is 126 Å². The zero-order valence-corrected chi connectivity index (χ0v) is 30.0. The first-order chi connectivity index (χ1) is 25.4. The fourth-order valence-electron chi connectivity index (χ4n) is 7.60. The number of nitrogens with zero attached hydrogens (tertiary/aromatic N) is 2. The minimum Gasteiger partial charge on any atom is -0.480 e. The number of thioether (sulfide) groups is 1. The van der Waals surface area contributed by atoms with Gasteiger partial charge in [-0.2, -0.15) is 0 Å². The smallest absolute Gasteiger partial charge is 0.323 e. The molecule has 0 bridgehead atoms. The summed E-state index contributed by atoms with van der Waals surface area (Å²) in [6, 6.07) is 45.5. The molecule has 0 aromatic heterocycles. The predicted octanol–water partition coefficient (Wildman–Crippen LogP) is 10.5. The minimum atomic E-state index is -1.09. The van der Waals surface area contributed by atoms with E-state index >= 15 is 0 Å². The topological polar surface area (TPSA) is 60.9 Å². The number of carbonyl (C=O) groups is 2. The van der Waals surface area contributed by atoms with E-state index in [1.165, 1.54) is 64.0 Å². The first kappa shape index (κ1) is 33.6. The lowest BCUT2D eigenvalue weighted by atomic mass is 9.95. The van der Waals surface area contributed by atoms with Gasteiger partial charge in [0, 0.05) is 23.3 Å². The summed E-state index contributed by atoms with van der Waals surface area (Å²) in [6.45, 7) is -0.426. The number of benzene rings is 5. The molecule has 5 aromatic rings. The van der Waals surface area contributed by atoms with Crippen LogP contribution in [0.15, 0.2) is 132 Å². The van der Waals surface area contributed by atoms with Crippen LogP contribution in [0, 0.1) is 0 Å². The second-order valence-electron chi connectivity index (χ2n) is 13.3. The number of aliphatic carboxylic acids is 1. The van der Waals surface area contributed by atoms with Crippen LogP contribution in [0.1, 0.15) is 64.1 Å². The standard InChI is InChI=1S/C45H36N2O3S2/c48-43(49)29-46-44(50)42(52-45(46)51)28-33-18-15-30(16-19-33)14-17-31-22-25-41-39(27-31)37-12-7-13-40(37)47(41)36-23-20-32(21-24-36)26-38(34-8-3-1-4-9-34)35-10-5-2-6-11-35/h1-6,8-11,14-28,37,40H,7,12-13,29H2,(H,48,49)/b17-14-,42-28-. The highest BCUT2D eigenvalue weighted by molar-refractivity contribution is 8.26. The van der Waals surface area contributed by atoms with Gasteiger partial charge in [-0.1, -0.05) is 146 Å². The molecular weight excluding hydrogens is 681 g/mol. The molecule has 1 saturated heterocycles. The molecule has 0 spiro atoms. The maximum absolute atomic E-state index is 12.6. The number of carboxylic acid groups (broad SMARTS) is 1. The van der Waals surface area contributed by atoms with Crippen LogP contribution in [0.5, 0.6) is 0 Å². The van der Waals surface area contributed by atoms with Crippen molar-refractivity contribution in [1.29, 1.82) is 0 Å². The van der Waals surface area contributed by atoms with E-state index in [1.807, 2.05) is 24.3 Å². The second-order valence-corrected chi connectivity index (χ2v) is 15.0. The van der Waals surface area contributed by atoms with Crippen LogP contribution in [-0.4, -0.2) is 38.8 Å². The lowest BCUT2D eigenvalue weighted by Gasteiger charge is -2.27. The summed E-state index contributed by atoms with van der Waals surface area (Å²) < 4.78 is 0.266. The Morgan fingerprint density at radius 2 is 1.38 bits per heavy atom. The SMILES string of the molecule is O=C(O)CN1C(=O)/C(=C/c2ccc(/C=C\c3ccc4c(c3)C3CCCC3N4c3ccc(C=C(c4ccccc4)c4ccccc4)cc3)cc2)SC1=S. The molecule has 2 heterocycles. The number of rotatable bonds is 9. The summed E-state index contributed by atoms with van der Waals surface area (Å²) >= 11 is 6.34. The largest absolute Gasteiger partial charge is 0.480 e. The first-order valence-corrected chi connectivity index (χ1v) is 18.7. The number of fused-ring (bicyclic) bond motifs is 3. The number of anilines is 2. The molecule has 0 radical (unpaired) electrons. The molecular formula is C45H36N2O3S2. The van der Waals surface area contributed by atoms with E-state index in [9.17, 15) is 9.59 Å². The zero-order chi connectivity index (χ0) is 35.6. The number of thiocarbonyl (C=S) groups is 1. The van der Waals surface area contributed by atoms with E-state index in [1.54, 1.807) is 6.08 Å². The summed E-state index contributed by atoms with van der Waals surface area (Å²) in [4.78, 5) is 27.9. The van der Waals surface area contributed by atoms with Gasteiger partial charge in [0.05, 0.1) is 4.91 Å². The van der Waals surface area contributed by atoms with Crippen LogP contribution in [0.4, 0.5) is 11.4 Å². The van der Waals surface area contributed by atoms with Crippen molar-refractivity contribution >= 4 is 81.4 Å². The summed E-state index contributed by atoms with van der Waals surface area (Å²) in [5.41, 5.74) is 11.8. The predicted molar refractivity (Wildman–Crippen MR) is 218 cm³/mol. The van der Waals surface area contributed by atoms with E-state index in [-0.39, 0.29) is 10.2 Å². The average Bonchev–Trinajstić information content (AvgIpc) is 3.84. The summed E-state index contributed by atoms with van der Waals surface area (Å²) in [5.74, 6) is -0.937. The number of hydrogen-bond donors (Lipinski definition) is 1. The van der Waals surface area contributed by atoms with Gasteiger partial charge in [-0.15, -0.1) is 0 Å². The van der Waals surface area contributed by atoms with Crippen LogP contribution >= 0.6 is 24.0 Å². The van der Waals surface area contributed by atoms with Gasteiger partial charge in [-0.3, -0.25) is 14.5 Å². The van der Waals surface area contributed by atoms with Gasteiger partial charge in [-0.05, 0) is 93.8 Å². The molecule has 2 aliphatic heterocycles. The Morgan fingerprint density at radius 1 is 0.769 bits per heavy atom. The Bertz CT molecular complexity index is 2200. The molecule has 52 heavy (non-hydrogen) atoms. The molecule has 7 heteroatoms. The highest BCUT2D eigenvalue weighted by Crippen LogP contribution is 2.52. The Morgan fingerprint density at radius 3 is 2.06 bits per heavy atom. The van der Waals surface area contributed by atoms with Crippen LogP contribution in [0.25, 0.3) is 29.9 Å². The molecule has 5 nitrogen and oxygen atoms in total. The molecule has 8 rings (SSSR count). The normalized spacial score (nSPS) is 18.7. The number of carboxylic acids is 1. The molecule has 256 valence electrons. The van der Waals surface area contributed by atoms with Crippen molar-refractivity contribution in [3.8, 4) is 0 Å². The molecule has 2 atom stereocenters. The number of hydrogen-bond acceptors (Lipinski definition) is 5. The van der Waals surface area contributed by atoms with E-state index in [0.29, 0.717) is 16.9 Å². The van der Waals surface area contributed by atoms with Crippen molar-refractivity contribution in [1.82, 2.24) is 4.90 Å². The van der Waals surface area contributed by atoms with E-state index < -0.39 is 12.5 Å². The Balaban J connectivity index is 1.00. The zero-order valence-electron chi connectivity index (χ0n) is 28.4. The summed E-state index contributed by atoms with van der Waals surface area (Å²) in [6.07, 6.45) is 12.0. The monoisotopic (exact) mass is 716 g/mol. The molecule has 3 aliphatic rings. The van der Waals surface area contributed by atoms with Gasteiger partial charge in [0.2, 0.25) is 0 Å². The van der Waals surface area contributed by atoms with Crippen LogP contribution < -0.4 is 4.90 Å². The molecule has 1 aliphatic carbocycles. The molecule has 1 amide bonds. The van der Waals surface area contributed by atoms with Gasteiger partial charge in [0.1, 0.15) is 10.9 Å². The van der Waals surface area contributed by atoms with Crippen molar-refractivity contribution in [2.24, 2.45) is 0 Å². The minimum absolute atomic E-state index is 0.266. The maximum atomic E-state index is 12.6. The summed E-state index contributed by atoms with van der Waals surface area (Å²) in [7, 11) is 0. The quantitative estimate of drug-likeness (QED) is 0.0931. The van der Waals surface area contributed by atoms with Crippen LogP contribution in [-0.2, 0) is 9.59 Å². The third kappa shape index (κ3) is 6.90. The Hall–Kier alpha value is -5.50. The lowest BCUT2D eigenvalue weighted by molar-refractivity contribution is -0.140. The second kappa shape index (κ2) is 14.6. The fourth-order valence-corrected chi connectivity index (χ4v) is 8.85. The van der Waals surface area contributed by atoms with Gasteiger partial charge < -0.3 is 10.0 Å². The van der Waals surface area contributed by atoms with Crippen molar-refractivity contribution in [2.45, 2.75) is 31.2 Å². The highest BCUT2D eigenvalue weighted by atomic mass is 32.2. The Kier molecular flexibility index (Phi) is 9.46. The van der Waals surface area contributed by atoms with Gasteiger partial charge in [-0.25, -0.2) is 0 Å². The average molecular weight is 717 g/mol. The first-order valence-electron chi connectivity index (χ1n) is 17.5. The van der Waals surface area contributed by atoms with Crippen molar-refractivity contribution in [3.63, 3.8) is 0 Å². The van der Waals surface area contributed by atoms with Gasteiger partial charge in [0.15, 0.2) is 0 Å². The van der Waals surface area contributed by atoms with Crippen molar-refractivity contribution < 1.29 is 14.7 Å². The molecule has 1 saturated carbocycles. The number of amides is 1. The molecule has 1 N–H and O–H groups in total. The third-order valence-corrected chi connectivity index (χ3v) is 11.4. The summed E-state index contributed by atoms with van der Waals surface area (Å²) in [5, 5.41) is 9.09. The Labute approximate surface area is 313 Å². The van der Waals surface area contributed by atoms with E-state index in [4.69, 9.17) is 17.3 Å². The van der Waals surface area contributed by atoms with Crippen LogP contribution in [0.2, 0.25) is 0 Å². The molecule has 2 unspecified atom stereocenters. The van der Waals surface area contributed by atoms with Crippen molar-refractivity contribution in [2.75, 3.05) is 11.4 Å². The van der Waals surface area contributed by atoms with Gasteiger partial charge in [0.25, 0.3) is 5.91 Å². The van der Waals surface area contributed by atoms with Crippen molar-refractivity contribution in [3.05, 3.63) is 171 Å². The molecule has 2 fully saturated rings. The van der Waals surface area contributed by atoms with Gasteiger partial charge >= 0.3 is 5.97 Å². The third-order valence-electron chi connectivity index (χ3n) is 10.0. The van der Waals surface area contributed by atoms with E-state index in [0.717, 1.165) is 27.8 Å². The highest BCUT2D eigenvalue weighted by Gasteiger charge is 2.42. The lowest BCUT2D eigenvalue weighted by Crippen LogP contribution is -2.33. The maximum Gasteiger partial charge on any atom is 0.323 e.